The van der Waals surface area contributed by atoms with Crippen molar-refractivity contribution in [2.75, 3.05) is 23.9 Å². The molecule has 4 aromatic rings. The van der Waals surface area contributed by atoms with Crippen molar-refractivity contribution in [3.8, 4) is 28.5 Å². The van der Waals surface area contributed by atoms with E-state index in [0.717, 1.165) is 4.90 Å². The lowest BCUT2D eigenvalue weighted by atomic mass is 9.90. The first-order chi connectivity index (χ1) is 21.8. The number of aromatic nitrogens is 7. The van der Waals surface area contributed by atoms with Crippen molar-refractivity contribution in [1.82, 2.24) is 40.4 Å². The van der Waals surface area contributed by atoms with Crippen molar-refractivity contribution in [2.24, 2.45) is 0 Å². The molecule has 0 atom stereocenters. The standard InChI is InChI=1S/C27H25ClF6N10O2/c1-46-21-7-2-14(8-37-21)19-11-36-20(12-35-19)44(25(45)39-13-26(29,30)31)16-5-3-15(4-6-16)41-24-38-9-17(27(32,33)34)22(42-24)23-18(28)10-40-43-23/h2,7-12,15-16H,3-6,13H2,1H3,(H,39,45)(H,40,43)(H,38,41,42). The monoisotopic (exact) mass is 670 g/mol. The number of nitrogens with one attached hydrogen (secondary N) is 3. The van der Waals surface area contributed by atoms with Crippen molar-refractivity contribution in [3.63, 3.8) is 0 Å². The number of nitrogens with zero attached hydrogens (tertiary/aromatic N) is 7. The van der Waals surface area contributed by atoms with Gasteiger partial charge < -0.3 is 15.4 Å². The number of urea groups is 1. The molecule has 1 aliphatic rings. The van der Waals surface area contributed by atoms with Crippen LogP contribution in [0.5, 0.6) is 5.88 Å². The Balaban J connectivity index is 1.32. The SMILES string of the molecule is COc1ccc(-c2cnc(N(C(=O)NCC(F)(F)F)C3CCC(Nc4ncc(C(F)(F)F)c(-c5n[nH]cc5Cl)n4)CC3)cn2)cn1. The van der Waals surface area contributed by atoms with E-state index in [4.69, 9.17) is 16.3 Å². The average molecular weight is 671 g/mol. The number of aromatic amines is 1. The Bertz CT molecular complexity index is 1640. The van der Waals surface area contributed by atoms with Gasteiger partial charge in [0.15, 0.2) is 5.82 Å². The molecule has 0 unspecified atom stereocenters. The van der Waals surface area contributed by atoms with Gasteiger partial charge >= 0.3 is 18.4 Å². The van der Waals surface area contributed by atoms with E-state index in [0.29, 0.717) is 49.0 Å². The summed E-state index contributed by atoms with van der Waals surface area (Å²) in [6, 6.07) is 1.42. The highest BCUT2D eigenvalue weighted by atomic mass is 35.5. The molecule has 46 heavy (non-hydrogen) atoms. The van der Waals surface area contributed by atoms with Crippen LogP contribution in [0.25, 0.3) is 22.6 Å². The second-order valence-corrected chi connectivity index (χ2v) is 10.6. The van der Waals surface area contributed by atoms with E-state index in [9.17, 15) is 31.1 Å². The Morgan fingerprint density at radius 3 is 2.33 bits per heavy atom. The first-order valence-corrected chi connectivity index (χ1v) is 14.1. The van der Waals surface area contributed by atoms with Gasteiger partial charge in [-0.3, -0.25) is 15.0 Å². The van der Waals surface area contributed by atoms with E-state index >= 15 is 0 Å². The number of rotatable bonds is 8. The lowest BCUT2D eigenvalue weighted by Gasteiger charge is -2.36. The lowest BCUT2D eigenvalue weighted by Crippen LogP contribution is -2.50. The van der Waals surface area contributed by atoms with Crippen molar-refractivity contribution < 1.29 is 35.9 Å². The molecule has 12 nitrogen and oxygen atoms in total. The van der Waals surface area contributed by atoms with E-state index in [1.165, 1.54) is 31.9 Å². The van der Waals surface area contributed by atoms with Crippen molar-refractivity contribution in [2.45, 2.75) is 50.1 Å². The molecule has 0 aromatic carbocycles. The Hall–Kier alpha value is -4.74. The summed E-state index contributed by atoms with van der Waals surface area (Å²) < 4.78 is 84.8. The van der Waals surface area contributed by atoms with E-state index in [2.05, 4.69) is 40.4 Å². The minimum absolute atomic E-state index is 0.0351. The van der Waals surface area contributed by atoms with Crippen LogP contribution in [0, 0.1) is 0 Å². The number of hydrogen-bond donors (Lipinski definition) is 3. The number of hydrogen-bond acceptors (Lipinski definition) is 9. The fourth-order valence-corrected chi connectivity index (χ4v) is 5.09. The molecule has 5 rings (SSSR count). The molecule has 4 heterocycles. The van der Waals surface area contributed by atoms with Crippen LogP contribution in [0.4, 0.5) is 42.9 Å². The van der Waals surface area contributed by atoms with E-state index < -0.39 is 42.2 Å². The molecule has 1 saturated carbocycles. The molecule has 0 spiro atoms. The lowest BCUT2D eigenvalue weighted by molar-refractivity contribution is -0.137. The van der Waals surface area contributed by atoms with E-state index in [1.807, 2.05) is 5.32 Å². The number of carbonyl (C=O) groups excluding carboxylic acids is 1. The van der Waals surface area contributed by atoms with Gasteiger partial charge in [0.25, 0.3) is 0 Å². The van der Waals surface area contributed by atoms with Gasteiger partial charge in [0.1, 0.15) is 23.5 Å². The van der Waals surface area contributed by atoms with Gasteiger partial charge in [-0.05, 0) is 31.7 Å². The Morgan fingerprint density at radius 1 is 1.00 bits per heavy atom. The van der Waals surface area contributed by atoms with Crippen molar-refractivity contribution >= 4 is 29.4 Å². The van der Waals surface area contributed by atoms with Crippen LogP contribution in [-0.2, 0) is 6.18 Å². The highest BCUT2D eigenvalue weighted by Crippen LogP contribution is 2.38. The normalized spacial score (nSPS) is 17.0. The summed E-state index contributed by atoms with van der Waals surface area (Å²) in [5.74, 6) is 0.325. The molecule has 0 radical (unpaired) electrons. The molecule has 0 aliphatic heterocycles. The maximum Gasteiger partial charge on any atom is 0.420 e. The van der Waals surface area contributed by atoms with Crippen LogP contribution in [0.2, 0.25) is 5.02 Å². The molecule has 4 aromatic heterocycles. The number of methoxy groups -OCH3 is 1. The van der Waals surface area contributed by atoms with Gasteiger partial charge in [-0.25, -0.2) is 24.7 Å². The van der Waals surface area contributed by atoms with Gasteiger partial charge in [-0.1, -0.05) is 11.6 Å². The zero-order valence-electron chi connectivity index (χ0n) is 23.8. The van der Waals surface area contributed by atoms with Crippen LogP contribution in [-0.4, -0.2) is 73.1 Å². The molecule has 2 amide bonds. The minimum atomic E-state index is -4.77. The van der Waals surface area contributed by atoms with Gasteiger partial charge in [-0.2, -0.15) is 31.4 Å². The largest absolute Gasteiger partial charge is 0.481 e. The Labute approximate surface area is 262 Å². The van der Waals surface area contributed by atoms with Crippen molar-refractivity contribution in [1.29, 1.82) is 0 Å². The fraction of sp³-hybridized carbons (Fsp3) is 0.370. The summed E-state index contributed by atoms with van der Waals surface area (Å²) in [6.07, 6.45) is -2.01. The molecule has 244 valence electrons. The maximum atomic E-state index is 13.6. The summed E-state index contributed by atoms with van der Waals surface area (Å²) in [6.45, 7) is -1.55. The molecule has 0 bridgehead atoms. The Kier molecular flexibility index (Phi) is 9.45. The summed E-state index contributed by atoms with van der Waals surface area (Å²) in [5.41, 5.74) is -0.812. The number of pyridine rings is 1. The molecule has 3 N–H and O–H groups in total. The number of halogens is 7. The molecule has 1 aliphatic carbocycles. The zero-order valence-corrected chi connectivity index (χ0v) is 24.6. The first kappa shape index (κ1) is 32.6. The topological polar surface area (TPSA) is 147 Å². The second-order valence-electron chi connectivity index (χ2n) is 10.2. The van der Waals surface area contributed by atoms with Crippen LogP contribution in [0.15, 0.2) is 43.1 Å². The minimum Gasteiger partial charge on any atom is -0.481 e. The highest BCUT2D eigenvalue weighted by Gasteiger charge is 2.38. The van der Waals surface area contributed by atoms with Gasteiger partial charge in [-0.15, -0.1) is 0 Å². The quantitative estimate of drug-likeness (QED) is 0.195. The third-order valence-electron chi connectivity index (χ3n) is 7.09. The predicted molar refractivity (Wildman–Crippen MR) is 153 cm³/mol. The summed E-state index contributed by atoms with van der Waals surface area (Å²) in [5, 5.41) is 11.0. The van der Waals surface area contributed by atoms with Crippen LogP contribution < -0.4 is 20.3 Å². The summed E-state index contributed by atoms with van der Waals surface area (Å²) >= 11 is 6.00. The predicted octanol–water partition coefficient (Wildman–Crippen LogP) is 5.90. The number of ether oxygens (including phenoxy) is 1. The zero-order chi connectivity index (χ0) is 33.1. The molecule has 19 heteroatoms. The first-order valence-electron chi connectivity index (χ1n) is 13.7. The Morgan fingerprint density at radius 2 is 1.76 bits per heavy atom. The van der Waals surface area contributed by atoms with E-state index in [1.54, 1.807) is 12.1 Å². The maximum absolute atomic E-state index is 13.6. The average Bonchev–Trinajstić information content (AvgIpc) is 3.46. The van der Waals surface area contributed by atoms with E-state index in [-0.39, 0.29) is 28.5 Å². The fourth-order valence-electron chi connectivity index (χ4n) is 4.91. The van der Waals surface area contributed by atoms with Crippen LogP contribution in [0.3, 0.4) is 0 Å². The highest BCUT2D eigenvalue weighted by molar-refractivity contribution is 6.32. The molecular weight excluding hydrogens is 646 g/mol. The number of H-pyrrole nitrogens is 1. The summed E-state index contributed by atoms with van der Waals surface area (Å²) in [4.78, 5) is 34.8. The third-order valence-corrected chi connectivity index (χ3v) is 7.38. The van der Waals surface area contributed by atoms with Crippen LogP contribution in [0.1, 0.15) is 31.2 Å². The number of anilines is 2. The molecule has 0 saturated heterocycles. The number of amides is 2. The van der Waals surface area contributed by atoms with Crippen molar-refractivity contribution in [3.05, 3.63) is 53.7 Å². The summed E-state index contributed by atoms with van der Waals surface area (Å²) in [7, 11) is 1.47. The number of alkyl halides is 6. The molecular formula is C27H25ClF6N10O2. The van der Waals surface area contributed by atoms with Gasteiger partial charge in [0.05, 0.1) is 30.2 Å². The molecule has 1 fully saturated rings. The third kappa shape index (κ3) is 7.72. The van der Waals surface area contributed by atoms with Gasteiger partial charge in [0.2, 0.25) is 11.8 Å². The van der Waals surface area contributed by atoms with Crippen LogP contribution >= 0.6 is 11.6 Å². The van der Waals surface area contributed by atoms with Gasteiger partial charge in [0, 0.05) is 42.3 Å². The smallest absolute Gasteiger partial charge is 0.420 e. The second kappa shape index (κ2) is 13.3. The number of carbonyl (C=O) groups is 1.